The molecule has 2 aromatic rings. The maximum atomic E-state index is 12.6. The zero-order chi connectivity index (χ0) is 18.4. The number of nitriles is 1. The number of aryl methyl sites for hydroxylation is 1. The summed E-state index contributed by atoms with van der Waals surface area (Å²) in [5.74, 6) is 1.42. The first-order chi connectivity index (χ1) is 11.9. The van der Waals surface area contributed by atoms with Gasteiger partial charge in [-0.15, -0.1) is 0 Å². The van der Waals surface area contributed by atoms with Gasteiger partial charge in [-0.05, 0) is 31.5 Å². The lowest BCUT2D eigenvalue weighted by Crippen LogP contribution is -2.36. The van der Waals surface area contributed by atoms with Crippen LogP contribution in [0.5, 0.6) is 0 Å². The molecule has 0 aliphatic heterocycles. The molecule has 6 heteroatoms. The van der Waals surface area contributed by atoms with E-state index in [9.17, 15) is 4.79 Å². The molecule has 0 aliphatic carbocycles. The Morgan fingerprint density at radius 3 is 2.44 bits per heavy atom. The Kier molecular flexibility index (Phi) is 6.29. The summed E-state index contributed by atoms with van der Waals surface area (Å²) >= 11 is 0. The van der Waals surface area contributed by atoms with Crippen LogP contribution in [0.1, 0.15) is 62.9 Å². The molecule has 25 heavy (non-hydrogen) atoms. The fourth-order valence-corrected chi connectivity index (χ4v) is 2.40. The number of carbonyl (C=O) groups is 1. The van der Waals surface area contributed by atoms with Gasteiger partial charge < -0.3 is 9.42 Å². The van der Waals surface area contributed by atoms with E-state index in [4.69, 9.17) is 9.78 Å². The predicted octanol–water partition coefficient (Wildman–Crippen LogP) is 3.43. The van der Waals surface area contributed by atoms with Crippen LogP contribution in [0.25, 0.3) is 0 Å². The Bertz CT molecular complexity index is 742. The van der Waals surface area contributed by atoms with E-state index in [1.165, 1.54) is 0 Å². The van der Waals surface area contributed by atoms with Gasteiger partial charge in [0.05, 0.1) is 11.6 Å². The predicted molar refractivity (Wildman–Crippen MR) is 93.6 cm³/mol. The molecule has 2 rings (SSSR count). The van der Waals surface area contributed by atoms with Gasteiger partial charge in [-0.2, -0.15) is 10.2 Å². The topological polar surface area (TPSA) is 83.0 Å². The zero-order valence-corrected chi connectivity index (χ0v) is 15.2. The molecule has 1 heterocycles. The molecular weight excluding hydrogens is 316 g/mol. The van der Waals surface area contributed by atoms with E-state index in [2.05, 4.69) is 16.2 Å². The van der Waals surface area contributed by atoms with Crippen LogP contribution in [-0.2, 0) is 17.8 Å². The molecular formula is C19H24N4O2. The highest BCUT2D eigenvalue weighted by Crippen LogP contribution is 2.14. The van der Waals surface area contributed by atoms with Crippen LogP contribution in [0, 0.1) is 11.3 Å². The van der Waals surface area contributed by atoms with Crippen molar-refractivity contribution < 1.29 is 9.32 Å². The number of carbonyl (C=O) groups excluding carboxylic acids is 1. The van der Waals surface area contributed by atoms with Crippen molar-refractivity contribution >= 4 is 5.91 Å². The van der Waals surface area contributed by atoms with Crippen molar-refractivity contribution in [2.24, 2.45) is 0 Å². The van der Waals surface area contributed by atoms with Crippen LogP contribution in [0.2, 0.25) is 0 Å². The van der Waals surface area contributed by atoms with Crippen LogP contribution in [0.3, 0.4) is 0 Å². The lowest BCUT2D eigenvalue weighted by Gasteiger charge is -2.27. The molecule has 0 unspecified atom stereocenters. The number of hydrogen-bond donors (Lipinski definition) is 0. The standard InChI is InChI=1S/C19H24N4O2/c1-13(2)19-21-17(25-22-19)9-10-18(24)23(14(3)4)12-16-7-5-15(11-20)6-8-16/h5-8,13-14H,9-10,12H2,1-4H3. The second-order valence-electron chi connectivity index (χ2n) is 6.63. The summed E-state index contributed by atoms with van der Waals surface area (Å²) in [6.45, 7) is 8.50. The van der Waals surface area contributed by atoms with Crippen molar-refractivity contribution in [3.63, 3.8) is 0 Å². The van der Waals surface area contributed by atoms with Gasteiger partial charge in [0.1, 0.15) is 0 Å². The molecule has 0 spiro atoms. The highest BCUT2D eigenvalue weighted by Gasteiger charge is 2.19. The average Bonchev–Trinajstić information content (AvgIpc) is 3.07. The smallest absolute Gasteiger partial charge is 0.227 e. The lowest BCUT2D eigenvalue weighted by molar-refractivity contribution is -0.133. The summed E-state index contributed by atoms with van der Waals surface area (Å²) in [7, 11) is 0. The molecule has 1 aromatic heterocycles. The Morgan fingerprint density at radius 2 is 1.92 bits per heavy atom. The van der Waals surface area contributed by atoms with Gasteiger partial charge in [-0.3, -0.25) is 4.79 Å². The summed E-state index contributed by atoms with van der Waals surface area (Å²) in [6, 6.07) is 9.48. The Balaban J connectivity index is 1.98. The summed E-state index contributed by atoms with van der Waals surface area (Å²) in [4.78, 5) is 18.7. The number of rotatable bonds is 7. The third-order valence-electron chi connectivity index (χ3n) is 3.93. The normalized spacial score (nSPS) is 10.9. The van der Waals surface area contributed by atoms with Crippen molar-refractivity contribution in [2.45, 2.75) is 59.0 Å². The van der Waals surface area contributed by atoms with Crippen LogP contribution < -0.4 is 0 Å². The fraction of sp³-hybridized carbons (Fsp3) is 0.474. The molecule has 0 fully saturated rings. The highest BCUT2D eigenvalue weighted by molar-refractivity contribution is 5.76. The van der Waals surface area contributed by atoms with E-state index in [-0.39, 0.29) is 17.9 Å². The highest BCUT2D eigenvalue weighted by atomic mass is 16.5. The zero-order valence-electron chi connectivity index (χ0n) is 15.2. The van der Waals surface area contributed by atoms with Crippen molar-refractivity contribution in [3.05, 3.63) is 47.1 Å². The monoisotopic (exact) mass is 340 g/mol. The molecule has 0 N–H and O–H groups in total. The Hall–Kier alpha value is -2.68. The average molecular weight is 340 g/mol. The molecule has 0 aliphatic rings. The van der Waals surface area contributed by atoms with E-state index in [0.717, 1.165) is 5.56 Å². The van der Waals surface area contributed by atoms with Gasteiger partial charge in [0, 0.05) is 31.3 Å². The van der Waals surface area contributed by atoms with E-state index in [0.29, 0.717) is 36.7 Å². The maximum absolute atomic E-state index is 12.6. The van der Waals surface area contributed by atoms with E-state index < -0.39 is 0 Å². The Labute approximate surface area is 148 Å². The van der Waals surface area contributed by atoms with Crippen LogP contribution in [-0.4, -0.2) is 27.0 Å². The lowest BCUT2D eigenvalue weighted by atomic mass is 10.1. The van der Waals surface area contributed by atoms with Crippen LogP contribution in [0.15, 0.2) is 28.8 Å². The molecule has 1 amide bonds. The molecule has 132 valence electrons. The number of nitrogens with zero attached hydrogens (tertiary/aromatic N) is 4. The summed E-state index contributed by atoms with van der Waals surface area (Å²) in [5, 5.41) is 12.8. The van der Waals surface area contributed by atoms with E-state index >= 15 is 0 Å². The maximum Gasteiger partial charge on any atom is 0.227 e. The van der Waals surface area contributed by atoms with Crippen molar-refractivity contribution in [2.75, 3.05) is 0 Å². The van der Waals surface area contributed by atoms with E-state index in [1.54, 1.807) is 12.1 Å². The third kappa shape index (κ3) is 5.15. The molecule has 0 saturated carbocycles. The number of benzene rings is 1. The van der Waals surface area contributed by atoms with Crippen molar-refractivity contribution in [1.82, 2.24) is 15.0 Å². The molecule has 0 atom stereocenters. The van der Waals surface area contributed by atoms with Gasteiger partial charge in [-0.1, -0.05) is 31.1 Å². The molecule has 0 bridgehead atoms. The second-order valence-corrected chi connectivity index (χ2v) is 6.63. The van der Waals surface area contributed by atoms with Crippen molar-refractivity contribution in [1.29, 1.82) is 5.26 Å². The Morgan fingerprint density at radius 1 is 1.24 bits per heavy atom. The van der Waals surface area contributed by atoms with Gasteiger partial charge >= 0.3 is 0 Å². The SMILES string of the molecule is CC(C)c1noc(CCC(=O)N(Cc2ccc(C#N)cc2)C(C)C)n1. The van der Waals surface area contributed by atoms with Gasteiger partial charge in [0.25, 0.3) is 0 Å². The van der Waals surface area contributed by atoms with Gasteiger partial charge in [0.15, 0.2) is 5.82 Å². The van der Waals surface area contributed by atoms with Crippen LogP contribution in [0.4, 0.5) is 0 Å². The first-order valence-corrected chi connectivity index (χ1v) is 8.51. The van der Waals surface area contributed by atoms with Gasteiger partial charge in [-0.25, -0.2) is 0 Å². The molecule has 6 nitrogen and oxygen atoms in total. The molecule has 1 aromatic carbocycles. The van der Waals surface area contributed by atoms with E-state index in [1.807, 2.05) is 44.7 Å². The first-order valence-electron chi connectivity index (χ1n) is 8.51. The fourth-order valence-electron chi connectivity index (χ4n) is 2.40. The van der Waals surface area contributed by atoms with Crippen molar-refractivity contribution in [3.8, 4) is 6.07 Å². The minimum absolute atomic E-state index is 0.0451. The first kappa shape index (κ1) is 18.7. The minimum Gasteiger partial charge on any atom is -0.339 e. The minimum atomic E-state index is 0.0451. The quantitative estimate of drug-likeness (QED) is 0.771. The molecule has 0 radical (unpaired) electrons. The summed E-state index contributed by atoms with van der Waals surface area (Å²) < 4.78 is 5.20. The second kappa shape index (κ2) is 8.43. The largest absolute Gasteiger partial charge is 0.339 e. The number of amides is 1. The molecule has 0 saturated heterocycles. The summed E-state index contributed by atoms with van der Waals surface area (Å²) in [6.07, 6.45) is 0.767. The number of hydrogen-bond acceptors (Lipinski definition) is 5. The summed E-state index contributed by atoms with van der Waals surface area (Å²) in [5.41, 5.74) is 1.62. The number of aromatic nitrogens is 2. The van der Waals surface area contributed by atoms with Crippen LogP contribution >= 0.6 is 0 Å². The van der Waals surface area contributed by atoms with Gasteiger partial charge in [0.2, 0.25) is 11.8 Å². The third-order valence-corrected chi connectivity index (χ3v) is 3.93.